The summed E-state index contributed by atoms with van der Waals surface area (Å²) in [5.74, 6) is 1.73. The number of para-hydroxylation sites is 1. The van der Waals surface area contributed by atoms with E-state index in [0.29, 0.717) is 18.7 Å². The average molecular weight is 486 g/mol. The molecule has 1 aromatic heterocycles. The van der Waals surface area contributed by atoms with Crippen LogP contribution in [0.2, 0.25) is 0 Å². The molecule has 0 atom stereocenters. The first-order valence-electron chi connectivity index (χ1n) is 11.6. The van der Waals surface area contributed by atoms with Gasteiger partial charge in [0.05, 0.1) is 24.5 Å². The lowest BCUT2D eigenvalue weighted by Gasteiger charge is -2.27. The SMILES string of the molecule is CCOc1cccc2sc(N(CCCN3CCOCC3)C(=O)c3cccc(SCC)c3)nc12. The summed E-state index contributed by atoms with van der Waals surface area (Å²) in [5, 5.41) is 0.720. The number of fused-ring (bicyclic) bond motifs is 1. The van der Waals surface area contributed by atoms with Crippen molar-refractivity contribution in [2.45, 2.75) is 25.2 Å². The number of nitrogens with zero attached hydrogens (tertiary/aromatic N) is 3. The molecule has 4 rings (SSSR count). The molecule has 0 aliphatic carbocycles. The summed E-state index contributed by atoms with van der Waals surface area (Å²) >= 11 is 3.29. The molecule has 1 saturated heterocycles. The van der Waals surface area contributed by atoms with Crippen LogP contribution < -0.4 is 9.64 Å². The van der Waals surface area contributed by atoms with E-state index in [0.717, 1.165) is 71.0 Å². The minimum absolute atomic E-state index is 0.00690. The summed E-state index contributed by atoms with van der Waals surface area (Å²) in [4.78, 5) is 23.9. The molecule has 0 saturated carbocycles. The largest absolute Gasteiger partial charge is 0.492 e. The van der Waals surface area contributed by atoms with E-state index in [9.17, 15) is 4.79 Å². The molecule has 1 aliphatic rings. The van der Waals surface area contributed by atoms with Crippen LogP contribution in [0.4, 0.5) is 5.13 Å². The van der Waals surface area contributed by atoms with Crippen LogP contribution in [0.15, 0.2) is 47.4 Å². The number of ether oxygens (including phenoxy) is 2. The van der Waals surface area contributed by atoms with Gasteiger partial charge in [0.25, 0.3) is 5.91 Å². The van der Waals surface area contributed by atoms with Crippen LogP contribution in [-0.4, -0.2) is 67.5 Å². The predicted octanol–water partition coefficient (Wildman–Crippen LogP) is 5.18. The van der Waals surface area contributed by atoms with Gasteiger partial charge in [0, 0.05) is 36.6 Å². The number of benzene rings is 2. The van der Waals surface area contributed by atoms with Crippen LogP contribution in [0.5, 0.6) is 5.75 Å². The molecule has 0 spiro atoms. The molecule has 176 valence electrons. The topological polar surface area (TPSA) is 54.9 Å². The van der Waals surface area contributed by atoms with E-state index in [2.05, 4.69) is 17.9 Å². The number of anilines is 1. The summed E-state index contributed by atoms with van der Waals surface area (Å²) in [6.45, 7) is 9.68. The number of thiazole rings is 1. The highest BCUT2D eigenvalue weighted by molar-refractivity contribution is 7.99. The first kappa shape index (κ1) is 24.0. The molecule has 2 aromatic carbocycles. The Morgan fingerprint density at radius 3 is 2.82 bits per heavy atom. The molecule has 0 N–H and O–H groups in total. The average Bonchev–Trinajstić information content (AvgIpc) is 3.28. The number of hydrogen-bond donors (Lipinski definition) is 0. The smallest absolute Gasteiger partial charge is 0.260 e. The van der Waals surface area contributed by atoms with Gasteiger partial charge in [0.1, 0.15) is 11.3 Å². The Labute approximate surface area is 203 Å². The first-order valence-corrected chi connectivity index (χ1v) is 13.4. The van der Waals surface area contributed by atoms with Crippen LogP contribution in [0.25, 0.3) is 10.2 Å². The van der Waals surface area contributed by atoms with Crippen molar-refractivity contribution in [1.29, 1.82) is 0 Å². The highest BCUT2D eigenvalue weighted by atomic mass is 32.2. The number of thioether (sulfide) groups is 1. The summed E-state index contributed by atoms with van der Waals surface area (Å²) in [6, 6.07) is 13.9. The van der Waals surface area contributed by atoms with Crippen LogP contribution in [0.3, 0.4) is 0 Å². The Morgan fingerprint density at radius 2 is 2.03 bits per heavy atom. The standard InChI is InChI=1S/C25H31N3O3S2/c1-3-31-21-10-6-11-22-23(21)26-25(33-22)28(13-7-12-27-14-16-30-17-15-27)24(29)19-8-5-9-20(18-19)32-4-2/h5-6,8-11,18H,3-4,7,12-17H2,1-2H3. The van der Waals surface area contributed by atoms with Crippen molar-refractivity contribution in [3.63, 3.8) is 0 Å². The molecule has 0 bridgehead atoms. The normalized spacial score (nSPS) is 14.5. The molecule has 6 nitrogen and oxygen atoms in total. The zero-order valence-electron chi connectivity index (χ0n) is 19.3. The van der Waals surface area contributed by atoms with Gasteiger partial charge in [-0.25, -0.2) is 4.98 Å². The highest BCUT2D eigenvalue weighted by Crippen LogP contribution is 2.35. The lowest BCUT2D eigenvalue weighted by Crippen LogP contribution is -2.39. The van der Waals surface area contributed by atoms with Crippen LogP contribution >= 0.6 is 23.1 Å². The number of carbonyl (C=O) groups is 1. The minimum Gasteiger partial charge on any atom is -0.492 e. The van der Waals surface area contributed by atoms with E-state index in [1.807, 2.05) is 48.2 Å². The second-order valence-corrected chi connectivity index (χ2v) is 10.1. The fourth-order valence-corrected chi connectivity index (χ4v) is 5.63. The van der Waals surface area contributed by atoms with Crippen LogP contribution in [0, 0.1) is 0 Å². The van der Waals surface area contributed by atoms with Gasteiger partial charge >= 0.3 is 0 Å². The van der Waals surface area contributed by atoms with E-state index in [-0.39, 0.29) is 5.91 Å². The quantitative estimate of drug-likeness (QED) is 0.369. The summed E-state index contributed by atoms with van der Waals surface area (Å²) in [7, 11) is 0. The summed E-state index contributed by atoms with van der Waals surface area (Å²) in [5.41, 5.74) is 1.52. The van der Waals surface area contributed by atoms with E-state index < -0.39 is 0 Å². The van der Waals surface area contributed by atoms with E-state index in [1.54, 1.807) is 23.1 Å². The molecule has 0 unspecified atom stereocenters. The highest BCUT2D eigenvalue weighted by Gasteiger charge is 2.23. The van der Waals surface area contributed by atoms with Crippen LogP contribution in [0.1, 0.15) is 30.6 Å². The molecule has 1 fully saturated rings. The molecule has 0 radical (unpaired) electrons. The third-order valence-electron chi connectivity index (χ3n) is 5.50. The van der Waals surface area contributed by atoms with E-state index >= 15 is 0 Å². The molecule has 2 heterocycles. The van der Waals surface area contributed by atoms with Gasteiger partial charge in [-0.3, -0.25) is 14.6 Å². The van der Waals surface area contributed by atoms with Crippen molar-refractivity contribution < 1.29 is 14.3 Å². The molecular formula is C25H31N3O3S2. The van der Waals surface area contributed by atoms with Gasteiger partial charge in [-0.05, 0) is 49.4 Å². The lowest BCUT2D eigenvalue weighted by molar-refractivity contribution is 0.0376. The minimum atomic E-state index is -0.00690. The number of morpholine rings is 1. The maximum atomic E-state index is 13.7. The van der Waals surface area contributed by atoms with E-state index in [4.69, 9.17) is 14.5 Å². The lowest BCUT2D eigenvalue weighted by atomic mass is 10.2. The third kappa shape index (κ3) is 6.06. The third-order valence-corrected chi connectivity index (χ3v) is 7.42. The molecule has 3 aromatic rings. The van der Waals surface area contributed by atoms with Crippen molar-refractivity contribution in [2.75, 3.05) is 56.7 Å². The fraction of sp³-hybridized carbons (Fsp3) is 0.440. The monoisotopic (exact) mass is 485 g/mol. The maximum absolute atomic E-state index is 13.7. The van der Waals surface area contributed by atoms with Gasteiger partial charge in [0.15, 0.2) is 5.13 Å². The molecular weight excluding hydrogens is 454 g/mol. The zero-order chi connectivity index (χ0) is 23.0. The van der Waals surface area contributed by atoms with Crippen molar-refractivity contribution in [3.05, 3.63) is 48.0 Å². The van der Waals surface area contributed by atoms with Gasteiger partial charge in [-0.1, -0.05) is 30.4 Å². The van der Waals surface area contributed by atoms with Gasteiger partial charge in [-0.15, -0.1) is 11.8 Å². The second-order valence-electron chi connectivity index (χ2n) is 7.76. The Kier molecular flexibility index (Phi) is 8.61. The van der Waals surface area contributed by atoms with Crippen molar-refractivity contribution >= 4 is 44.4 Å². The maximum Gasteiger partial charge on any atom is 0.260 e. The molecule has 33 heavy (non-hydrogen) atoms. The van der Waals surface area contributed by atoms with Gasteiger partial charge in [0.2, 0.25) is 0 Å². The first-order chi connectivity index (χ1) is 16.2. The number of aromatic nitrogens is 1. The van der Waals surface area contributed by atoms with Crippen molar-refractivity contribution in [1.82, 2.24) is 9.88 Å². The predicted molar refractivity (Wildman–Crippen MR) is 137 cm³/mol. The Bertz CT molecular complexity index is 1070. The fourth-order valence-electron chi connectivity index (χ4n) is 3.90. The number of amides is 1. The van der Waals surface area contributed by atoms with E-state index in [1.165, 1.54) is 0 Å². The Morgan fingerprint density at radius 1 is 1.21 bits per heavy atom. The van der Waals surface area contributed by atoms with Crippen LogP contribution in [-0.2, 0) is 4.74 Å². The Hall–Kier alpha value is -2.13. The zero-order valence-corrected chi connectivity index (χ0v) is 20.9. The summed E-state index contributed by atoms with van der Waals surface area (Å²) in [6.07, 6.45) is 0.878. The number of carbonyl (C=O) groups excluding carboxylic acids is 1. The molecule has 1 aliphatic heterocycles. The molecule has 1 amide bonds. The van der Waals surface area contributed by atoms with Crippen molar-refractivity contribution in [2.24, 2.45) is 0 Å². The number of rotatable bonds is 10. The van der Waals surface area contributed by atoms with Gasteiger partial charge in [-0.2, -0.15) is 0 Å². The number of hydrogen-bond acceptors (Lipinski definition) is 7. The second kappa shape index (κ2) is 11.8. The Balaban J connectivity index is 1.60. The molecule has 8 heteroatoms. The van der Waals surface area contributed by atoms with Gasteiger partial charge < -0.3 is 9.47 Å². The van der Waals surface area contributed by atoms with Crippen molar-refractivity contribution in [3.8, 4) is 5.75 Å². The summed E-state index contributed by atoms with van der Waals surface area (Å²) < 4.78 is 12.3.